The van der Waals surface area contributed by atoms with Crippen molar-refractivity contribution in [3.05, 3.63) is 0 Å². The third-order valence-corrected chi connectivity index (χ3v) is 6.36. The molecule has 0 radical (unpaired) electrons. The highest BCUT2D eigenvalue weighted by molar-refractivity contribution is 7.91. The minimum atomic E-state index is -2.81. The SMILES string of the molecule is CCC1CCNC(CNC2(C)CCS(=O)(=O)C2)C1. The van der Waals surface area contributed by atoms with Gasteiger partial charge in [-0.2, -0.15) is 0 Å². The van der Waals surface area contributed by atoms with E-state index in [1.54, 1.807) is 0 Å². The van der Waals surface area contributed by atoms with Crippen molar-refractivity contribution in [1.82, 2.24) is 10.6 Å². The van der Waals surface area contributed by atoms with Gasteiger partial charge in [0.05, 0.1) is 11.5 Å². The molecule has 106 valence electrons. The van der Waals surface area contributed by atoms with Gasteiger partial charge in [-0.25, -0.2) is 8.42 Å². The highest BCUT2D eigenvalue weighted by Gasteiger charge is 2.38. The first-order chi connectivity index (χ1) is 8.42. The lowest BCUT2D eigenvalue weighted by Crippen LogP contribution is -2.51. The molecule has 3 unspecified atom stereocenters. The Kier molecular flexibility index (Phi) is 4.34. The van der Waals surface area contributed by atoms with E-state index >= 15 is 0 Å². The van der Waals surface area contributed by atoms with Crippen molar-refractivity contribution >= 4 is 9.84 Å². The molecule has 0 aromatic carbocycles. The first-order valence-corrected chi connectivity index (χ1v) is 8.93. The second-order valence-electron chi connectivity index (χ2n) is 6.23. The molecular formula is C13H26N2O2S. The highest BCUT2D eigenvalue weighted by atomic mass is 32.2. The van der Waals surface area contributed by atoms with E-state index in [4.69, 9.17) is 0 Å². The fourth-order valence-corrected chi connectivity index (χ4v) is 5.26. The molecule has 2 rings (SSSR count). The molecule has 2 heterocycles. The zero-order valence-electron chi connectivity index (χ0n) is 11.5. The smallest absolute Gasteiger partial charge is 0.152 e. The Labute approximate surface area is 111 Å². The summed E-state index contributed by atoms with van der Waals surface area (Å²) in [6.07, 6.45) is 4.49. The maximum Gasteiger partial charge on any atom is 0.152 e. The minimum absolute atomic E-state index is 0.209. The van der Waals surface area contributed by atoms with Crippen molar-refractivity contribution in [3.8, 4) is 0 Å². The van der Waals surface area contributed by atoms with Crippen LogP contribution in [0.5, 0.6) is 0 Å². The van der Waals surface area contributed by atoms with Crippen LogP contribution in [0.1, 0.15) is 39.5 Å². The second kappa shape index (κ2) is 5.47. The fourth-order valence-electron chi connectivity index (χ4n) is 3.14. The molecule has 2 aliphatic heterocycles. The van der Waals surface area contributed by atoms with E-state index in [1.807, 2.05) is 6.92 Å². The van der Waals surface area contributed by atoms with Crippen molar-refractivity contribution < 1.29 is 8.42 Å². The number of hydrogen-bond acceptors (Lipinski definition) is 4. The van der Waals surface area contributed by atoms with Gasteiger partial charge in [0, 0.05) is 18.1 Å². The van der Waals surface area contributed by atoms with Gasteiger partial charge in [0.1, 0.15) is 0 Å². The van der Waals surface area contributed by atoms with Crippen LogP contribution < -0.4 is 10.6 Å². The molecule has 4 nitrogen and oxygen atoms in total. The van der Waals surface area contributed by atoms with Gasteiger partial charge in [-0.3, -0.25) is 0 Å². The van der Waals surface area contributed by atoms with Gasteiger partial charge in [0.15, 0.2) is 9.84 Å². The van der Waals surface area contributed by atoms with Gasteiger partial charge in [-0.15, -0.1) is 0 Å². The quantitative estimate of drug-likeness (QED) is 0.801. The average Bonchev–Trinajstić information content (AvgIpc) is 2.62. The third-order valence-electron chi connectivity index (χ3n) is 4.46. The Morgan fingerprint density at radius 2 is 2.22 bits per heavy atom. The van der Waals surface area contributed by atoms with Crippen LogP contribution in [0, 0.1) is 5.92 Å². The van der Waals surface area contributed by atoms with Crippen molar-refractivity contribution in [2.75, 3.05) is 24.6 Å². The molecule has 2 N–H and O–H groups in total. The van der Waals surface area contributed by atoms with Gasteiger partial charge >= 0.3 is 0 Å². The Morgan fingerprint density at radius 3 is 2.83 bits per heavy atom. The van der Waals surface area contributed by atoms with Crippen molar-refractivity contribution in [2.45, 2.75) is 51.1 Å². The lowest BCUT2D eigenvalue weighted by molar-refractivity contribution is 0.268. The standard InChI is InChI=1S/C13H26N2O2S/c1-3-11-4-6-14-12(8-11)9-15-13(2)5-7-18(16,17)10-13/h11-12,14-15H,3-10H2,1-2H3. The van der Waals surface area contributed by atoms with E-state index in [0.29, 0.717) is 17.5 Å². The van der Waals surface area contributed by atoms with Crippen LogP contribution in [-0.2, 0) is 9.84 Å². The molecule has 0 aliphatic carbocycles. The summed E-state index contributed by atoms with van der Waals surface area (Å²) < 4.78 is 23.1. The maximum absolute atomic E-state index is 11.5. The summed E-state index contributed by atoms with van der Waals surface area (Å²) >= 11 is 0. The van der Waals surface area contributed by atoms with Crippen molar-refractivity contribution in [2.24, 2.45) is 5.92 Å². The van der Waals surface area contributed by atoms with E-state index in [0.717, 1.165) is 25.4 Å². The zero-order valence-corrected chi connectivity index (χ0v) is 12.4. The second-order valence-corrected chi connectivity index (χ2v) is 8.42. The van der Waals surface area contributed by atoms with Crippen LogP contribution in [-0.4, -0.2) is 44.6 Å². The van der Waals surface area contributed by atoms with Crippen LogP contribution in [0.15, 0.2) is 0 Å². The first-order valence-electron chi connectivity index (χ1n) is 7.11. The molecule has 0 saturated carbocycles. The third kappa shape index (κ3) is 3.68. The summed E-state index contributed by atoms with van der Waals surface area (Å²) in [6.45, 7) is 6.28. The molecule has 3 atom stereocenters. The normalized spacial score (nSPS) is 39.9. The lowest BCUT2D eigenvalue weighted by Gasteiger charge is -2.33. The summed E-state index contributed by atoms with van der Waals surface area (Å²) in [4.78, 5) is 0. The summed E-state index contributed by atoms with van der Waals surface area (Å²) in [7, 11) is -2.81. The molecule has 2 aliphatic rings. The number of sulfone groups is 1. The fraction of sp³-hybridized carbons (Fsp3) is 1.00. The number of rotatable bonds is 4. The predicted octanol–water partition coefficient (Wildman–Crippen LogP) is 0.931. The van der Waals surface area contributed by atoms with Gasteiger partial charge in [-0.1, -0.05) is 13.3 Å². The molecule has 2 fully saturated rings. The lowest BCUT2D eigenvalue weighted by atomic mass is 9.90. The van der Waals surface area contributed by atoms with E-state index < -0.39 is 9.84 Å². The minimum Gasteiger partial charge on any atom is -0.313 e. The van der Waals surface area contributed by atoms with Crippen LogP contribution in [0.2, 0.25) is 0 Å². The van der Waals surface area contributed by atoms with Crippen molar-refractivity contribution in [3.63, 3.8) is 0 Å². The monoisotopic (exact) mass is 274 g/mol. The van der Waals surface area contributed by atoms with Crippen LogP contribution in [0.3, 0.4) is 0 Å². The first kappa shape index (κ1) is 14.3. The topological polar surface area (TPSA) is 58.2 Å². The maximum atomic E-state index is 11.5. The molecule has 0 amide bonds. The molecule has 2 saturated heterocycles. The molecule has 0 aromatic rings. The molecule has 5 heteroatoms. The molecular weight excluding hydrogens is 248 g/mol. The Morgan fingerprint density at radius 1 is 1.44 bits per heavy atom. The zero-order chi connectivity index (χ0) is 13.2. The van der Waals surface area contributed by atoms with Gasteiger partial charge in [0.2, 0.25) is 0 Å². The molecule has 0 spiro atoms. The van der Waals surface area contributed by atoms with Crippen LogP contribution in [0.4, 0.5) is 0 Å². The predicted molar refractivity (Wildman–Crippen MR) is 74.5 cm³/mol. The number of piperidine rings is 1. The Balaban J connectivity index is 1.81. The van der Waals surface area contributed by atoms with Crippen LogP contribution in [0.25, 0.3) is 0 Å². The van der Waals surface area contributed by atoms with Crippen LogP contribution >= 0.6 is 0 Å². The number of nitrogens with one attached hydrogen (secondary N) is 2. The van der Waals surface area contributed by atoms with E-state index in [1.165, 1.54) is 19.3 Å². The summed E-state index contributed by atoms with van der Waals surface area (Å²) in [5.41, 5.74) is -0.209. The largest absolute Gasteiger partial charge is 0.313 e. The van der Waals surface area contributed by atoms with Crippen molar-refractivity contribution in [1.29, 1.82) is 0 Å². The van der Waals surface area contributed by atoms with E-state index in [-0.39, 0.29) is 5.54 Å². The molecule has 18 heavy (non-hydrogen) atoms. The van der Waals surface area contributed by atoms with E-state index in [9.17, 15) is 8.42 Å². The van der Waals surface area contributed by atoms with Gasteiger partial charge in [0.25, 0.3) is 0 Å². The summed E-state index contributed by atoms with van der Waals surface area (Å²) in [6, 6.07) is 0.504. The average molecular weight is 274 g/mol. The summed E-state index contributed by atoms with van der Waals surface area (Å²) in [5, 5.41) is 7.02. The van der Waals surface area contributed by atoms with Gasteiger partial charge < -0.3 is 10.6 Å². The highest BCUT2D eigenvalue weighted by Crippen LogP contribution is 2.24. The molecule has 0 bridgehead atoms. The Bertz CT molecular complexity index is 382. The molecule has 0 aromatic heterocycles. The Hall–Kier alpha value is -0.130. The number of hydrogen-bond donors (Lipinski definition) is 2. The van der Waals surface area contributed by atoms with Gasteiger partial charge in [-0.05, 0) is 38.6 Å². The van der Waals surface area contributed by atoms with E-state index in [2.05, 4.69) is 17.6 Å². The summed E-state index contributed by atoms with van der Waals surface area (Å²) in [5.74, 6) is 1.47.